The van der Waals surface area contributed by atoms with Crippen LogP contribution < -0.4 is 5.32 Å². The van der Waals surface area contributed by atoms with E-state index in [1.165, 1.54) is 0 Å². The lowest BCUT2D eigenvalue weighted by Gasteiger charge is -2.16. The highest BCUT2D eigenvalue weighted by molar-refractivity contribution is 5.59. The van der Waals surface area contributed by atoms with Crippen molar-refractivity contribution in [1.82, 2.24) is 9.88 Å². The molecule has 0 spiro atoms. The molecule has 0 bridgehead atoms. The summed E-state index contributed by atoms with van der Waals surface area (Å²) in [4.78, 5) is 16.7. The van der Waals surface area contributed by atoms with Gasteiger partial charge in [-0.05, 0) is 20.0 Å². The molecule has 0 aromatic carbocycles. The van der Waals surface area contributed by atoms with E-state index in [0.717, 1.165) is 13.1 Å². The SMILES string of the molecule is COCCN(C)CCNc1nccc(C)c1[N+](=O)[O-]. The molecule has 0 unspecified atom stereocenters. The lowest BCUT2D eigenvalue weighted by atomic mass is 10.2. The van der Waals surface area contributed by atoms with Crippen molar-refractivity contribution in [3.05, 3.63) is 27.9 Å². The molecule has 1 aromatic rings. The summed E-state index contributed by atoms with van der Waals surface area (Å²) in [5.74, 6) is 0.324. The maximum absolute atomic E-state index is 11.0. The number of likely N-dealkylation sites (N-methyl/N-ethyl adjacent to an activating group) is 1. The molecule has 0 aliphatic rings. The van der Waals surface area contributed by atoms with Gasteiger partial charge < -0.3 is 15.0 Å². The molecule has 0 saturated carbocycles. The van der Waals surface area contributed by atoms with E-state index in [9.17, 15) is 10.1 Å². The van der Waals surface area contributed by atoms with Crippen molar-refractivity contribution >= 4 is 11.5 Å². The van der Waals surface area contributed by atoms with Gasteiger partial charge in [0.25, 0.3) is 0 Å². The Morgan fingerprint density at radius 1 is 1.53 bits per heavy atom. The van der Waals surface area contributed by atoms with Gasteiger partial charge in [0, 0.05) is 38.5 Å². The number of hydrogen-bond acceptors (Lipinski definition) is 6. The van der Waals surface area contributed by atoms with Crippen molar-refractivity contribution in [3.63, 3.8) is 0 Å². The second kappa shape index (κ2) is 7.65. The Bertz CT molecular complexity index is 425. The van der Waals surface area contributed by atoms with Crippen LogP contribution in [-0.2, 0) is 4.74 Å². The number of pyridine rings is 1. The highest BCUT2D eigenvalue weighted by Gasteiger charge is 2.17. The first-order chi connectivity index (χ1) is 9.06. The van der Waals surface area contributed by atoms with Gasteiger partial charge in [-0.2, -0.15) is 0 Å². The Kier molecular flexibility index (Phi) is 6.17. The van der Waals surface area contributed by atoms with Crippen LogP contribution in [-0.4, -0.2) is 55.2 Å². The number of aryl methyl sites for hydroxylation is 1. The van der Waals surface area contributed by atoms with Crippen LogP contribution in [0.25, 0.3) is 0 Å². The Hall–Kier alpha value is -1.73. The van der Waals surface area contributed by atoms with Gasteiger partial charge in [-0.25, -0.2) is 4.98 Å². The molecule has 0 aliphatic heterocycles. The molecule has 1 aromatic heterocycles. The minimum atomic E-state index is -0.403. The molecule has 1 rings (SSSR count). The number of nitrogens with zero attached hydrogens (tertiary/aromatic N) is 3. The van der Waals surface area contributed by atoms with Crippen LogP contribution >= 0.6 is 0 Å². The predicted molar refractivity (Wildman–Crippen MR) is 73.5 cm³/mol. The van der Waals surface area contributed by atoms with Crippen molar-refractivity contribution in [2.24, 2.45) is 0 Å². The fourth-order valence-electron chi connectivity index (χ4n) is 1.63. The summed E-state index contributed by atoms with van der Waals surface area (Å²) in [5.41, 5.74) is 0.650. The first-order valence-corrected chi connectivity index (χ1v) is 6.07. The first-order valence-electron chi connectivity index (χ1n) is 6.07. The largest absolute Gasteiger partial charge is 0.383 e. The zero-order valence-electron chi connectivity index (χ0n) is 11.5. The summed E-state index contributed by atoms with van der Waals surface area (Å²) < 4.78 is 4.98. The molecule has 1 N–H and O–H groups in total. The average molecular weight is 268 g/mol. The fraction of sp³-hybridized carbons (Fsp3) is 0.583. The maximum Gasteiger partial charge on any atom is 0.314 e. The second-order valence-corrected chi connectivity index (χ2v) is 4.31. The van der Waals surface area contributed by atoms with Crippen molar-refractivity contribution in [3.8, 4) is 0 Å². The number of ether oxygens (including phenoxy) is 1. The van der Waals surface area contributed by atoms with E-state index in [2.05, 4.69) is 15.2 Å². The molecule has 7 nitrogen and oxygen atoms in total. The standard InChI is InChI=1S/C12H20N4O3/c1-10-4-5-13-12(11(10)16(17)18)14-6-7-15(2)8-9-19-3/h4-5H,6-9H2,1-3H3,(H,13,14). The number of nitrogens with one attached hydrogen (secondary N) is 1. The molecule has 19 heavy (non-hydrogen) atoms. The zero-order chi connectivity index (χ0) is 14.3. The van der Waals surface area contributed by atoms with E-state index < -0.39 is 4.92 Å². The third-order valence-corrected chi connectivity index (χ3v) is 2.77. The average Bonchev–Trinajstić information content (AvgIpc) is 2.36. The number of nitro groups is 1. The Morgan fingerprint density at radius 3 is 2.89 bits per heavy atom. The van der Waals surface area contributed by atoms with Gasteiger partial charge in [0.2, 0.25) is 5.82 Å². The first kappa shape index (κ1) is 15.3. The Balaban J connectivity index is 2.54. The van der Waals surface area contributed by atoms with Crippen LogP contribution in [0.2, 0.25) is 0 Å². The number of anilines is 1. The molecule has 0 radical (unpaired) electrons. The topological polar surface area (TPSA) is 80.5 Å². The van der Waals surface area contributed by atoms with E-state index in [4.69, 9.17) is 4.74 Å². The molecule has 7 heteroatoms. The molecular formula is C12H20N4O3. The molecule has 1 heterocycles. The van der Waals surface area contributed by atoms with E-state index >= 15 is 0 Å². The molecule has 0 fully saturated rings. The van der Waals surface area contributed by atoms with Crippen LogP contribution in [0.4, 0.5) is 11.5 Å². The van der Waals surface area contributed by atoms with Crippen molar-refractivity contribution < 1.29 is 9.66 Å². The summed E-state index contributed by atoms with van der Waals surface area (Å²) in [6.45, 7) is 4.55. The minimum Gasteiger partial charge on any atom is -0.383 e. The van der Waals surface area contributed by atoms with Gasteiger partial charge in [-0.3, -0.25) is 10.1 Å². The quantitative estimate of drug-likeness (QED) is 0.565. The zero-order valence-corrected chi connectivity index (χ0v) is 11.5. The highest BCUT2D eigenvalue weighted by Crippen LogP contribution is 2.24. The van der Waals surface area contributed by atoms with Crippen molar-refractivity contribution in [2.45, 2.75) is 6.92 Å². The summed E-state index contributed by atoms with van der Waals surface area (Å²) in [6, 6.07) is 1.63. The van der Waals surface area contributed by atoms with Gasteiger partial charge in [0.15, 0.2) is 0 Å². The minimum absolute atomic E-state index is 0.0436. The number of rotatable bonds is 8. The normalized spacial score (nSPS) is 10.7. The van der Waals surface area contributed by atoms with Crippen LogP contribution in [0.1, 0.15) is 5.56 Å². The molecular weight excluding hydrogens is 248 g/mol. The molecule has 0 amide bonds. The molecule has 0 aliphatic carbocycles. The Labute approximate surface area is 112 Å². The van der Waals surface area contributed by atoms with Gasteiger partial charge in [-0.1, -0.05) is 0 Å². The number of hydrogen-bond donors (Lipinski definition) is 1. The third-order valence-electron chi connectivity index (χ3n) is 2.77. The second-order valence-electron chi connectivity index (χ2n) is 4.31. The monoisotopic (exact) mass is 268 g/mol. The lowest BCUT2D eigenvalue weighted by molar-refractivity contribution is -0.384. The third kappa shape index (κ3) is 4.80. The van der Waals surface area contributed by atoms with Crippen molar-refractivity contribution in [2.75, 3.05) is 45.7 Å². The van der Waals surface area contributed by atoms with Crippen LogP contribution in [0.5, 0.6) is 0 Å². The van der Waals surface area contributed by atoms with Crippen LogP contribution in [0, 0.1) is 17.0 Å². The number of aromatic nitrogens is 1. The van der Waals surface area contributed by atoms with Gasteiger partial charge in [0.1, 0.15) is 0 Å². The van der Waals surface area contributed by atoms with Crippen LogP contribution in [0.15, 0.2) is 12.3 Å². The smallest absolute Gasteiger partial charge is 0.314 e. The fourth-order valence-corrected chi connectivity index (χ4v) is 1.63. The predicted octanol–water partition coefficient (Wildman–Crippen LogP) is 1.29. The summed E-state index contributed by atoms with van der Waals surface area (Å²) in [7, 11) is 3.63. The Morgan fingerprint density at radius 2 is 2.26 bits per heavy atom. The lowest BCUT2D eigenvalue weighted by Crippen LogP contribution is -2.28. The highest BCUT2D eigenvalue weighted by atomic mass is 16.6. The van der Waals surface area contributed by atoms with Crippen molar-refractivity contribution in [1.29, 1.82) is 0 Å². The van der Waals surface area contributed by atoms with E-state index in [1.54, 1.807) is 26.3 Å². The summed E-state index contributed by atoms with van der Waals surface area (Å²) in [5, 5.41) is 14.0. The van der Waals surface area contributed by atoms with Gasteiger partial charge >= 0.3 is 5.69 Å². The van der Waals surface area contributed by atoms with Gasteiger partial charge in [0.05, 0.1) is 11.5 Å². The van der Waals surface area contributed by atoms with Crippen LogP contribution in [0.3, 0.4) is 0 Å². The van der Waals surface area contributed by atoms with E-state index in [-0.39, 0.29) is 5.69 Å². The van der Waals surface area contributed by atoms with E-state index in [1.807, 2.05) is 7.05 Å². The summed E-state index contributed by atoms with van der Waals surface area (Å²) >= 11 is 0. The molecule has 106 valence electrons. The van der Waals surface area contributed by atoms with Gasteiger partial charge in [-0.15, -0.1) is 0 Å². The summed E-state index contributed by atoms with van der Waals surface area (Å²) in [6.07, 6.45) is 1.57. The molecule has 0 atom stereocenters. The maximum atomic E-state index is 11.0. The number of methoxy groups -OCH3 is 1. The van der Waals surface area contributed by atoms with E-state index in [0.29, 0.717) is 24.5 Å². The molecule has 0 saturated heterocycles.